The largest absolute Gasteiger partial charge is 0.361 e. The Hall–Kier alpha value is -3.45. The zero-order valence-corrected chi connectivity index (χ0v) is 20.6. The lowest BCUT2D eigenvalue weighted by Gasteiger charge is -2.35. The van der Waals surface area contributed by atoms with Crippen LogP contribution in [-0.4, -0.2) is 58.3 Å². The van der Waals surface area contributed by atoms with E-state index in [2.05, 4.69) is 40.3 Å². The van der Waals surface area contributed by atoms with Crippen molar-refractivity contribution in [3.05, 3.63) is 82.0 Å². The fraction of sp³-hybridized carbons (Fsp3) is 0.414. The summed E-state index contributed by atoms with van der Waals surface area (Å²) in [5, 5.41) is 12.1. The van der Waals surface area contributed by atoms with Gasteiger partial charge in [0, 0.05) is 48.4 Å². The molecule has 1 aromatic heterocycles. The van der Waals surface area contributed by atoms with Crippen molar-refractivity contribution < 1.29 is 9.72 Å². The van der Waals surface area contributed by atoms with Gasteiger partial charge in [0.05, 0.1) is 4.92 Å². The van der Waals surface area contributed by atoms with E-state index in [-0.39, 0.29) is 11.6 Å². The minimum Gasteiger partial charge on any atom is -0.361 e. The van der Waals surface area contributed by atoms with Gasteiger partial charge in [-0.3, -0.25) is 14.9 Å². The number of likely N-dealkylation sites (tertiary alicyclic amines) is 2. The Bertz CT molecular complexity index is 1220. The number of nitro groups is 1. The van der Waals surface area contributed by atoms with Gasteiger partial charge in [-0.15, -0.1) is 0 Å². The first-order valence-corrected chi connectivity index (χ1v) is 13.1. The number of benzene rings is 2. The summed E-state index contributed by atoms with van der Waals surface area (Å²) in [5.74, 6) is 1.34. The van der Waals surface area contributed by atoms with E-state index in [1.807, 2.05) is 4.90 Å². The van der Waals surface area contributed by atoms with Crippen molar-refractivity contribution in [3.8, 4) is 0 Å². The van der Waals surface area contributed by atoms with Gasteiger partial charge >= 0.3 is 0 Å². The molecule has 0 aliphatic carbocycles. The van der Waals surface area contributed by atoms with Crippen molar-refractivity contribution in [2.45, 2.75) is 38.0 Å². The average Bonchev–Trinajstić information content (AvgIpc) is 3.35. The normalized spacial score (nSPS) is 18.3. The van der Waals surface area contributed by atoms with Crippen molar-refractivity contribution in [2.75, 3.05) is 32.7 Å². The number of carbonyl (C=O) groups excluding carboxylic acids is 1. The number of H-pyrrole nitrogens is 1. The van der Waals surface area contributed by atoms with E-state index in [9.17, 15) is 14.9 Å². The second-order valence-corrected chi connectivity index (χ2v) is 10.1. The van der Waals surface area contributed by atoms with Gasteiger partial charge in [-0.1, -0.05) is 18.2 Å². The van der Waals surface area contributed by atoms with Crippen LogP contribution in [0.25, 0.3) is 17.0 Å². The van der Waals surface area contributed by atoms with Gasteiger partial charge in [0.15, 0.2) is 0 Å². The maximum Gasteiger partial charge on any atom is 0.269 e. The van der Waals surface area contributed by atoms with Gasteiger partial charge < -0.3 is 14.8 Å². The third-order valence-electron chi connectivity index (χ3n) is 7.95. The monoisotopic (exact) mass is 486 g/mol. The Morgan fingerprint density at radius 1 is 1.00 bits per heavy atom. The molecule has 0 atom stereocenters. The molecule has 0 unspecified atom stereocenters. The molecule has 2 aliphatic rings. The van der Waals surface area contributed by atoms with Gasteiger partial charge in [0.1, 0.15) is 0 Å². The van der Waals surface area contributed by atoms with E-state index in [1.54, 1.807) is 24.3 Å². The molecule has 0 spiro atoms. The number of aromatic nitrogens is 1. The van der Waals surface area contributed by atoms with E-state index in [4.69, 9.17) is 0 Å². The number of piperidine rings is 2. The number of aromatic amines is 1. The van der Waals surface area contributed by atoms with Crippen LogP contribution in [0.5, 0.6) is 0 Å². The number of fused-ring (bicyclic) bond motifs is 1. The molecule has 1 amide bonds. The standard InChI is InChI=1S/C29H34N4O3/c34-29(10-7-22-5-8-25(9-6-22)33(35)36)32-19-12-23(13-20-32)11-16-31-17-14-24(15-18-31)27-21-30-28-4-2-1-3-26(27)28/h1-10,21,23-24,30H,11-20H2/b10-7+. The number of hydrogen-bond donors (Lipinski definition) is 1. The molecule has 0 saturated carbocycles. The fourth-order valence-electron chi connectivity index (χ4n) is 5.69. The lowest BCUT2D eigenvalue weighted by Crippen LogP contribution is -2.39. The van der Waals surface area contributed by atoms with Gasteiger partial charge in [-0.2, -0.15) is 0 Å². The highest BCUT2D eigenvalue weighted by Crippen LogP contribution is 2.33. The maximum absolute atomic E-state index is 12.6. The lowest BCUT2D eigenvalue weighted by molar-refractivity contribution is -0.384. The predicted octanol–water partition coefficient (Wildman–Crippen LogP) is 5.60. The number of nitrogens with one attached hydrogen (secondary N) is 1. The molecule has 7 nitrogen and oxygen atoms in total. The van der Waals surface area contributed by atoms with Crippen LogP contribution >= 0.6 is 0 Å². The zero-order chi connectivity index (χ0) is 24.9. The first kappa shape index (κ1) is 24.3. The summed E-state index contributed by atoms with van der Waals surface area (Å²) >= 11 is 0. The summed E-state index contributed by atoms with van der Waals surface area (Å²) < 4.78 is 0. The molecular formula is C29H34N4O3. The number of hydrogen-bond acceptors (Lipinski definition) is 4. The molecule has 2 saturated heterocycles. The molecule has 2 fully saturated rings. The maximum atomic E-state index is 12.6. The lowest BCUT2D eigenvalue weighted by atomic mass is 9.88. The van der Waals surface area contributed by atoms with Crippen LogP contribution in [0.15, 0.2) is 60.8 Å². The Labute approximate surface area is 211 Å². The van der Waals surface area contributed by atoms with Crippen LogP contribution in [0.1, 0.15) is 49.1 Å². The van der Waals surface area contributed by atoms with E-state index < -0.39 is 4.92 Å². The fourth-order valence-corrected chi connectivity index (χ4v) is 5.69. The summed E-state index contributed by atoms with van der Waals surface area (Å²) in [4.78, 5) is 30.9. The van der Waals surface area contributed by atoms with Crippen LogP contribution < -0.4 is 0 Å². The number of non-ortho nitro benzene ring substituents is 1. The smallest absolute Gasteiger partial charge is 0.269 e. The van der Waals surface area contributed by atoms with Gasteiger partial charge in [-0.25, -0.2) is 0 Å². The summed E-state index contributed by atoms with van der Waals surface area (Å²) in [6, 6.07) is 14.8. The highest BCUT2D eigenvalue weighted by atomic mass is 16.6. The van der Waals surface area contributed by atoms with E-state index in [1.165, 1.54) is 47.9 Å². The average molecular weight is 487 g/mol. The number of rotatable bonds is 7. The molecule has 2 aliphatic heterocycles. The molecule has 1 N–H and O–H groups in total. The number of carbonyl (C=O) groups is 1. The van der Waals surface area contributed by atoms with E-state index in [0.717, 1.165) is 51.1 Å². The number of nitro benzene ring substituents is 1. The first-order valence-electron chi connectivity index (χ1n) is 13.1. The second-order valence-electron chi connectivity index (χ2n) is 10.1. The highest BCUT2D eigenvalue weighted by Gasteiger charge is 2.25. The molecule has 0 radical (unpaired) electrons. The van der Waals surface area contributed by atoms with Crippen molar-refractivity contribution >= 4 is 28.6 Å². The minimum atomic E-state index is -0.421. The number of amides is 1. The third-order valence-corrected chi connectivity index (χ3v) is 7.95. The van der Waals surface area contributed by atoms with Crippen LogP contribution in [0.2, 0.25) is 0 Å². The van der Waals surface area contributed by atoms with Gasteiger partial charge in [0.25, 0.3) is 5.69 Å². The Kier molecular flexibility index (Phi) is 7.47. The molecule has 7 heteroatoms. The van der Waals surface area contributed by atoms with Gasteiger partial charge in [0.2, 0.25) is 5.91 Å². The molecule has 188 valence electrons. The van der Waals surface area contributed by atoms with Gasteiger partial charge in [-0.05, 0) is 99.0 Å². The summed E-state index contributed by atoms with van der Waals surface area (Å²) in [6.45, 7) is 5.08. The third kappa shape index (κ3) is 5.68. The SMILES string of the molecule is O=C(/C=C/c1ccc([N+](=O)[O-])cc1)N1CCC(CCN2CCC(c3c[nH]c4ccccc34)CC2)CC1. The summed E-state index contributed by atoms with van der Waals surface area (Å²) in [7, 11) is 0. The molecule has 0 bridgehead atoms. The van der Waals surface area contributed by atoms with E-state index >= 15 is 0 Å². The second kappa shape index (κ2) is 11.1. The van der Waals surface area contributed by atoms with Crippen molar-refractivity contribution in [1.82, 2.24) is 14.8 Å². The first-order chi connectivity index (χ1) is 17.6. The topological polar surface area (TPSA) is 82.5 Å². The van der Waals surface area contributed by atoms with Crippen molar-refractivity contribution in [1.29, 1.82) is 0 Å². The molecule has 2 aromatic carbocycles. The Morgan fingerprint density at radius 2 is 1.72 bits per heavy atom. The number of para-hydroxylation sites is 1. The predicted molar refractivity (Wildman–Crippen MR) is 143 cm³/mol. The van der Waals surface area contributed by atoms with Crippen LogP contribution in [0, 0.1) is 16.0 Å². The zero-order valence-electron chi connectivity index (χ0n) is 20.6. The molecule has 3 heterocycles. The van der Waals surface area contributed by atoms with Crippen LogP contribution in [-0.2, 0) is 4.79 Å². The Balaban J connectivity index is 1.02. The molecule has 36 heavy (non-hydrogen) atoms. The number of nitrogens with zero attached hydrogens (tertiary/aromatic N) is 3. The van der Waals surface area contributed by atoms with Crippen LogP contribution in [0.4, 0.5) is 5.69 Å². The van der Waals surface area contributed by atoms with Crippen molar-refractivity contribution in [2.24, 2.45) is 5.92 Å². The summed E-state index contributed by atoms with van der Waals surface area (Å²) in [5.41, 5.74) is 3.56. The molecular weight excluding hydrogens is 452 g/mol. The minimum absolute atomic E-state index is 0.0196. The summed E-state index contributed by atoms with van der Waals surface area (Å²) in [6.07, 6.45) is 11.3. The quantitative estimate of drug-likeness (QED) is 0.268. The van der Waals surface area contributed by atoms with E-state index in [0.29, 0.717) is 11.8 Å². The molecule has 5 rings (SSSR count). The van der Waals surface area contributed by atoms with Crippen molar-refractivity contribution in [3.63, 3.8) is 0 Å². The Morgan fingerprint density at radius 3 is 2.44 bits per heavy atom. The highest BCUT2D eigenvalue weighted by molar-refractivity contribution is 5.91. The van der Waals surface area contributed by atoms with Crippen LogP contribution in [0.3, 0.4) is 0 Å². The molecule has 3 aromatic rings.